The maximum Gasteiger partial charge on any atom is 0.269 e. The van der Waals surface area contributed by atoms with Gasteiger partial charge in [-0.2, -0.15) is 0 Å². The summed E-state index contributed by atoms with van der Waals surface area (Å²) in [6.07, 6.45) is 0.773. The molecule has 0 spiro atoms. The standard InChI is InChI=1S/C15H16N2O4/c1-2-9-16-14(8-5-12(10-18)15(16)19)11-3-6-13(7-4-11)17(20)21/h3-8,18H,2,9-10H2,1H3. The summed E-state index contributed by atoms with van der Waals surface area (Å²) in [6.45, 7) is 2.18. The first-order valence-corrected chi connectivity index (χ1v) is 6.67. The van der Waals surface area contributed by atoms with E-state index in [4.69, 9.17) is 0 Å². The zero-order valence-electron chi connectivity index (χ0n) is 11.7. The van der Waals surface area contributed by atoms with Crippen LogP contribution in [0, 0.1) is 10.1 Å². The van der Waals surface area contributed by atoms with Crippen LogP contribution >= 0.6 is 0 Å². The van der Waals surface area contributed by atoms with Crippen LogP contribution in [0.25, 0.3) is 11.3 Å². The van der Waals surface area contributed by atoms with Gasteiger partial charge in [-0.15, -0.1) is 0 Å². The molecule has 1 aromatic carbocycles. The van der Waals surface area contributed by atoms with Gasteiger partial charge in [-0.25, -0.2) is 0 Å². The van der Waals surface area contributed by atoms with Crippen LogP contribution in [0.2, 0.25) is 0 Å². The van der Waals surface area contributed by atoms with Crippen LogP contribution in [0.5, 0.6) is 0 Å². The van der Waals surface area contributed by atoms with Gasteiger partial charge in [-0.05, 0) is 36.2 Å². The second-order valence-corrected chi connectivity index (χ2v) is 4.66. The fraction of sp³-hybridized carbons (Fsp3) is 0.267. The lowest BCUT2D eigenvalue weighted by atomic mass is 10.1. The zero-order chi connectivity index (χ0) is 15.4. The van der Waals surface area contributed by atoms with Crippen molar-refractivity contribution in [2.24, 2.45) is 0 Å². The molecule has 1 N–H and O–H groups in total. The largest absolute Gasteiger partial charge is 0.391 e. The number of nitro groups is 1. The van der Waals surface area contributed by atoms with E-state index in [0.717, 1.165) is 12.0 Å². The van der Waals surface area contributed by atoms with Crippen molar-refractivity contribution < 1.29 is 10.0 Å². The lowest BCUT2D eigenvalue weighted by Crippen LogP contribution is -2.25. The number of hydrogen-bond acceptors (Lipinski definition) is 4. The third-order valence-corrected chi connectivity index (χ3v) is 3.24. The molecule has 1 aromatic heterocycles. The summed E-state index contributed by atoms with van der Waals surface area (Å²) in [6, 6.07) is 9.41. The first kappa shape index (κ1) is 14.9. The highest BCUT2D eigenvalue weighted by molar-refractivity contribution is 5.61. The zero-order valence-corrected chi connectivity index (χ0v) is 11.7. The molecular formula is C15H16N2O4. The van der Waals surface area contributed by atoms with Crippen molar-refractivity contribution >= 4 is 5.69 Å². The number of aliphatic hydroxyl groups is 1. The van der Waals surface area contributed by atoms with Crippen molar-refractivity contribution in [3.05, 3.63) is 62.4 Å². The number of hydrogen-bond donors (Lipinski definition) is 1. The minimum atomic E-state index is -0.461. The average Bonchev–Trinajstić information content (AvgIpc) is 2.49. The summed E-state index contributed by atoms with van der Waals surface area (Å²) in [5.74, 6) is 0. The third-order valence-electron chi connectivity index (χ3n) is 3.24. The van der Waals surface area contributed by atoms with Crippen LogP contribution in [-0.4, -0.2) is 14.6 Å². The Hall–Kier alpha value is -2.47. The van der Waals surface area contributed by atoms with E-state index < -0.39 is 4.92 Å². The molecular weight excluding hydrogens is 272 g/mol. The van der Waals surface area contributed by atoms with Gasteiger partial charge in [0.2, 0.25) is 0 Å². The molecule has 21 heavy (non-hydrogen) atoms. The molecule has 0 atom stereocenters. The summed E-state index contributed by atoms with van der Waals surface area (Å²) in [7, 11) is 0. The molecule has 0 saturated heterocycles. The van der Waals surface area contributed by atoms with Gasteiger partial charge in [0.05, 0.1) is 17.2 Å². The molecule has 0 fully saturated rings. The maximum atomic E-state index is 12.3. The summed E-state index contributed by atoms with van der Waals surface area (Å²) < 4.78 is 1.59. The van der Waals surface area contributed by atoms with E-state index >= 15 is 0 Å². The highest BCUT2D eigenvalue weighted by Crippen LogP contribution is 2.22. The predicted octanol–water partition coefficient (Wildman–Crippen LogP) is 2.33. The minimum absolute atomic E-state index is 0.00937. The minimum Gasteiger partial charge on any atom is -0.391 e. The molecule has 6 nitrogen and oxygen atoms in total. The normalized spacial score (nSPS) is 10.6. The summed E-state index contributed by atoms with van der Waals surface area (Å²) in [4.78, 5) is 22.5. The lowest BCUT2D eigenvalue weighted by Gasteiger charge is -2.13. The predicted molar refractivity (Wildman–Crippen MR) is 79.0 cm³/mol. The molecule has 1 heterocycles. The molecule has 0 amide bonds. The molecule has 2 aromatic rings. The van der Waals surface area contributed by atoms with Gasteiger partial charge in [-0.3, -0.25) is 14.9 Å². The van der Waals surface area contributed by atoms with Crippen molar-refractivity contribution in [1.29, 1.82) is 0 Å². The fourth-order valence-electron chi connectivity index (χ4n) is 2.20. The number of rotatable bonds is 5. The third kappa shape index (κ3) is 3.00. The van der Waals surface area contributed by atoms with Crippen LogP contribution in [0.15, 0.2) is 41.2 Å². The van der Waals surface area contributed by atoms with Crippen molar-refractivity contribution in [2.45, 2.75) is 26.5 Å². The second kappa shape index (κ2) is 6.32. The summed E-state index contributed by atoms with van der Waals surface area (Å²) in [5, 5.41) is 19.9. The monoisotopic (exact) mass is 288 g/mol. The second-order valence-electron chi connectivity index (χ2n) is 4.66. The van der Waals surface area contributed by atoms with Gasteiger partial charge < -0.3 is 9.67 Å². The van der Waals surface area contributed by atoms with E-state index in [2.05, 4.69) is 0 Å². The smallest absolute Gasteiger partial charge is 0.269 e. The molecule has 110 valence electrons. The Morgan fingerprint density at radius 3 is 2.38 bits per heavy atom. The highest BCUT2D eigenvalue weighted by Gasteiger charge is 2.11. The Bertz CT molecular complexity index is 705. The number of aromatic nitrogens is 1. The number of nitrogens with zero attached hydrogens (tertiary/aromatic N) is 2. The van der Waals surface area contributed by atoms with Crippen LogP contribution in [-0.2, 0) is 13.2 Å². The Balaban J connectivity index is 2.54. The van der Waals surface area contributed by atoms with Crippen LogP contribution in [0.3, 0.4) is 0 Å². The van der Waals surface area contributed by atoms with E-state index in [1.165, 1.54) is 12.1 Å². The Kier molecular flexibility index (Phi) is 4.49. The molecule has 0 aliphatic heterocycles. The Labute approximate surface area is 121 Å². The van der Waals surface area contributed by atoms with Crippen LogP contribution in [0.4, 0.5) is 5.69 Å². The SMILES string of the molecule is CCCn1c(-c2ccc([N+](=O)[O-])cc2)ccc(CO)c1=O. The maximum absolute atomic E-state index is 12.3. The van der Waals surface area contributed by atoms with Crippen molar-refractivity contribution in [1.82, 2.24) is 4.57 Å². The lowest BCUT2D eigenvalue weighted by molar-refractivity contribution is -0.384. The first-order valence-electron chi connectivity index (χ1n) is 6.67. The van der Waals surface area contributed by atoms with Gasteiger partial charge in [0, 0.05) is 24.2 Å². The molecule has 0 aliphatic rings. The van der Waals surface area contributed by atoms with Gasteiger partial charge in [0.15, 0.2) is 0 Å². The topological polar surface area (TPSA) is 85.4 Å². The first-order chi connectivity index (χ1) is 10.1. The summed E-state index contributed by atoms with van der Waals surface area (Å²) >= 11 is 0. The number of nitro benzene ring substituents is 1. The van der Waals surface area contributed by atoms with Gasteiger partial charge in [0.1, 0.15) is 0 Å². The van der Waals surface area contributed by atoms with Gasteiger partial charge >= 0.3 is 0 Å². The summed E-state index contributed by atoms with van der Waals surface area (Å²) in [5.41, 5.74) is 1.55. The molecule has 0 aliphatic carbocycles. The van der Waals surface area contributed by atoms with E-state index in [1.807, 2.05) is 6.92 Å². The van der Waals surface area contributed by atoms with Gasteiger partial charge in [0.25, 0.3) is 11.2 Å². The van der Waals surface area contributed by atoms with Crippen molar-refractivity contribution in [3.63, 3.8) is 0 Å². The van der Waals surface area contributed by atoms with Crippen LogP contribution < -0.4 is 5.56 Å². The Morgan fingerprint density at radius 2 is 1.86 bits per heavy atom. The van der Waals surface area contributed by atoms with E-state index in [9.17, 15) is 20.0 Å². The van der Waals surface area contributed by atoms with Crippen molar-refractivity contribution in [2.75, 3.05) is 0 Å². The molecule has 0 saturated carbocycles. The van der Waals surface area contributed by atoms with Crippen LogP contribution in [0.1, 0.15) is 18.9 Å². The Morgan fingerprint density at radius 1 is 1.19 bits per heavy atom. The highest BCUT2D eigenvalue weighted by atomic mass is 16.6. The van der Waals surface area contributed by atoms with Crippen molar-refractivity contribution in [3.8, 4) is 11.3 Å². The molecule has 0 radical (unpaired) electrons. The van der Waals surface area contributed by atoms with E-state index in [-0.39, 0.29) is 17.9 Å². The number of benzene rings is 1. The quantitative estimate of drug-likeness (QED) is 0.676. The van der Waals surface area contributed by atoms with E-state index in [1.54, 1.807) is 28.8 Å². The van der Waals surface area contributed by atoms with E-state index in [0.29, 0.717) is 17.8 Å². The van der Waals surface area contributed by atoms with Gasteiger partial charge in [-0.1, -0.05) is 6.92 Å². The average molecular weight is 288 g/mol. The number of non-ortho nitro benzene ring substituents is 1. The number of aliphatic hydroxyl groups excluding tert-OH is 1. The molecule has 0 unspecified atom stereocenters. The molecule has 0 bridgehead atoms. The molecule has 6 heteroatoms. The number of pyridine rings is 1. The molecule has 2 rings (SSSR count). The fourth-order valence-corrected chi connectivity index (χ4v) is 2.20.